The van der Waals surface area contributed by atoms with Gasteiger partial charge in [0.2, 0.25) is 10.0 Å². The van der Waals surface area contributed by atoms with Crippen LogP contribution in [0.3, 0.4) is 0 Å². The molecule has 8 heteroatoms. The van der Waals surface area contributed by atoms with Gasteiger partial charge in [0.25, 0.3) is 0 Å². The van der Waals surface area contributed by atoms with Gasteiger partial charge in [-0.05, 0) is 34.3 Å². The Hall–Kier alpha value is -0.570. The highest BCUT2D eigenvalue weighted by molar-refractivity contribution is 9.10. The molecule has 1 unspecified atom stereocenters. The number of nitrogens with zero attached hydrogens (tertiary/aromatic N) is 1. The average molecular weight is 370 g/mol. The molecule has 20 heavy (non-hydrogen) atoms. The lowest BCUT2D eigenvalue weighted by Crippen LogP contribution is -2.30. The van der Waals surface area contributed by atoms with Crippen LogP contribution in [-0.4, -0.2) is 39.5 Å². The molecule has 1 heterocycles. The van der Waals surface area contributed by atoms with Crippen molar-refractivity contribution >= 4 is 26.0 Å². The number of sulfonamides is 1. The van der Waals surface area contributed by atoms with Gasteiger partial charge in [-0.25, -0.2) is 17.2 Å². The standard InChI is InChI=1S/C12H14BrF2NO3S/c1-19-7-8-2-3-16(6-8)20(17,18)12-10(13)4-9(14)5-11(12)15/h4-5,8H,2-3,6-7H2,1H3. The Morgan fingerprint density at radius 2 is 2.15 bits per heavy atom. The fourth-order valence-electron chi connectivity index (χ4n) is 2.29. The lowest BCUT2D eigenvalue weighted by atomic mass is 10.1. The summed E-state index contributed by atoms with van der Waals surface area (Å²) < 4.78 is 57.8. The predicted molar refractivity (Wildman–Crippen MR) is 72.8 cm³/mol. The molecule has 1 saturated heterocycles. The molecular weight excluding hydrogens is 356 g/mol. The summed E-state index contributed by atoms with van der Waals surface area (Å²) >= 11 is 2.92. The van der Waals surface area contributed by atoms with E-state index in [2.05, 4.69) is 15.9 Å². The second-order valence-corrected chi connectivity index (χ2v) is 7.40. The first-order chi connectivity index (χ1) is 9.36. The van der Waals surface area contributed by atoms with E-state index in [9.17, 15) is 17.2 Å². The summed E-state index contributed by atoms with van der Waals surface area (Å²) in [7, 11) is -2.43. The molecule has 0 spiro atoms. The van der Waals surface area contributed by atoms with E-state index in [1.165, 1.54) is 4.31 Å². The number of hydrogen-bond acceptors (Lipinski definition) is 3. The largest absolute Gasteiger partial charge is 0.384 e. The van der Waals surface area contributed by atoms with Crippen LogP contribution in [0.15, 0.2) is 21.5 Å². The zero-order valence-corrected chi connectivity index (χ0v) is 13.2. The topological polar surface area (TPSA) is 46.6 Å². The van der Waals surface area contributed by atoms with Gasteiger partial charge in [-0.15, -0.1) is 0 Å². The lowest BCUT2D eigenvalue weighted by Gasteiger charge is -2.18. The highest BCUT2D eigenvalue weighted by Gasteiger charge is 2.35. The first kappa shape index (κ1) is 15.8. The molecule has 0 radical (unpaired) electrons. The fraction of sp³-hybridized carbons (Fsp3) is 0.500. The van der Waals surface area contributed by atoms with E-state index in [0.29, 0.717) is 25.6 Å². The molecule has 0 N–H and O–H groups in total. The summed E-state index contributed by atoms with van der Waals surface area (Å²) in [6, 6.07) is 1.51. The maximum Gasteiger partial charge on any atom is 0.247 e. The van der Waals surface area contributed by atoms with Crippen LogP contribution in [-0.2, 0) is 14.8 Å². The van der Waals surface area contributed by atoms with Crippen molar-refractivity contribution in [2.45, 2.75) is 11.3 Å². The maximum absolute atomic E-state index is 13.8. The number of ether oxygens (including phenoxy) is 1. The third-order valence-electron chi connectivity index (χ3n) is 3.21. The summed E-state index contributed by atoms with van der Waals surface area (Å²) in [4.78, 5) is -0.517. The molecule has 1 aliphatic rings. The number of benzene rings is 1. The van der Waals surface area contributed by atoms with Crippen molar-refractivity contribution in [1.82, 2.24) is 4.31 Å². The Bertz CT molecular complexity index is 586. The molecule has 1 atom stereocenters. The molecule has 2 rings (SSSR count). The maximum atomic E-state index is 13.8. The third kappa shape index (κ3) is 3.03. The minimum Gasteiger partial charge on any atom is -0.384 e. The van der Waals surface area contributed by atoms with Crippen LogP contribution < -0.4 is 0 Å². The monoisotopic (exact) mass is 369 g/mol. The van der Waals surface area contributed by atoms with E-state index in [1.54, 1.807) is 7.11 Å². The van der Waals surface area contributed by atoms with Gasteiger partial charge in [-0.3, -0.25) is 0 Å². The van der Waals surface area contributed by atoms with Gasteiger partial charge in [-0.2, -0.15) is 4.31 Å². The Kier molecular flexibility index (Phi) is 4.78. The van der Waals surface area contributed by atoms with Crippen molar-refractivity contribution in [2.24, 2.45) is 5.92 Å². The van der Waals surface area contributed by atoms with Crippen molar-refractivity contribution in [3.63, 3.8) is 0 Å². The Morgan fingerprint density at radius 1 is 1.45 bits per heavy atom. The highest BCUT2D eigenvalue weighted by Crippen LogP contribution is 2.31. The quantitative estimate of drug-likeness (QED) is 0.818. The van der Waals surface area contributed by atoms with E-state index in [4.69, 9.17) is 4.74 Å². The van der Waals surface area contributed by atoms with Gasteiger partial charge in [0.15, 0.2) is 0 Å². The summed E-state index contributed by atoms with van der Waals surface area (Å²) in [5.74, 6) is -1.82. The van der Waals surface area contributed by atoms with E-state index in [0.717, 1.165) is 6.07 Å². The molecule has 1 fully saturated rings. The molecule has 0 aliphatic carbocycles. The summed E-state index contributed by atoms with van der Waals surface area (Å²) in [5, 5.41) is 0. The Morgan fingerprint density at radius 3 is 2.75 bits per heavy atom. The van der Waals surface area contributed by atoms with Gasteiger partial charge in [-0.1, -0.05) is 0 Å². The summed E-state index contributed by atoms with van der Waals surface area (Å²) in [6.45, 7) is 1.04. The van der Waals surface area contributed by atoms with Gasteiger partial charge in [0.1, 0.15) is 16.5 Å². The van der Waals surface area contributed by atoms with E-state index in [1.807, 2.05) is 0 Å². The Labute approximate surface area is 124 Å². The molecule has 112 valence electrons. The second kappa shape index (κ2) is 6.05. The van der Waals surface area contributed by atoms with E-state index >= 15 is 0 Å². The molecule has 1 aromatic rings. The number of halogens is 3. The van der Waals surface area contributed by atoms with Crippen molar-refractivity contribution in [1.29, 1.82) is 0 Å². The van der Waals surface area contributed by atoms with Crippen molar-refractivity contribution in [3.05, 3.63) is 28.2 Å². The van der Waals surface area contributed by atoms with Crippen molar-refractivity contribution < 1.29 is 21.9 Å². The predicted octanol–water partition coefficient (Wildman–Crippen LogP) is 2.38. The lowest BCUT2D eigenvalue weighted by molar-refractivity contribution is 0.157. The first-order valence-corrected chi connectivity index (χ1v) is 8.23. The molecule has 4 nitrogen and oxygen atoms in total. The van der Waals surface area contributed by atoms with Crippen LogP contribution in [0.2, 0.25) is 0 Å². The SMILES string of the molecule is COCC1CCN(S(=O)(=O)c2c(F)cc(F)cc2Br)C1. The van der Waals surface area contributed by atoms with Gasteiger partial charge in [0, 0.05) is 30.7 Å². The minimum atomic E-state index is -3.98. The second-order valence-electron chi connectivity index (χ2n) is 4.67. The van der Waals surface area contributed by atoms with E-state index in [-0.39, 0.29) is 16.9 Å². The van der Waals surface area contributed by atoms with Gasteiger partial charge in [0.05, 0.1) is 6.61 Å². The van der Waals surface area contributed by atoms with Crippen LogP contribution in [0.1, 0.15) is 6.42 Å². The van der Waals surface area contributed by atoms with Gasteiger partial charge >= 0.3 is 0 Å². The molecule has 1 aromatic carbocycles. The van der Waals surface area contributed by atoms with Crippen LogP contribution in [0.5, 0.6) is 0 Å². The third-order valence-corrected chi connectivity index (χ3v) is 6.04. The Balaban J connectivity index is 2.33. The number of rotatable bonds is 4. The van der Waals surface area contributed by atoms with Crippen molar-refractivity contribution in [3.8, 4) is 0 Å². The van der Waals surface area contributed by atoms with Crippen LogP contribution >= 0.6 is 15.9 Å². The zero-order valence-electron chi connectivity index (χ0n) is 10.8. The number of hydrogen-bond donors (Lipinski definition) is 0. The normalized spacial score (nSPS) is 20.5. The van der Waals surface area contributed by atoms with Gasteiger partial charge < -0.3 is 4.74 Å². The van der Waals surface area contributed by atoms with E-state index < -0.39 is 26.6 Å². The molecule has 0 aromatic heterocycles. The molecule has 0 bridgehead atoms. The fourth-order valence-corrected chi connectivity index (χ4v) is 4.94. The first-order valence-electron chi connectivity index (χ1n) is 6.00. The molecule has 0 saturated carbocycles. The molecule has 0 amide bonds. The summed E-state index contributed by atoms with van der Waals surface area (Å²) in [6.07, 6.45) is 0.660. The van der Waals surface area contributed by atoms with Crippen molar-refractivity contribution in [2.75, 3.05) is 26.8 Å². The molecule has 1 aliphatic heterocycles. The number of methoxy groups -OCH3 is 1. The van der Waals surface area contributed by atoms with Crippen LogP contribution in [0.4, 0.5) is 8.78 Å². The smallest absolute Gasteiger partial charge is 0.247 e. The van der Waals surface area contributed by atoms with Crippen LogP contribution in [0.25, 0.3) is 0 Å². The summed E-state index contributed by atoms with van der Waals surface area (Å²) in [5.41, 5.74) is 0. The average Bonchev–Trinajstić information content (AvgIpc) is 2.76. The molecular formula is C12H14BrF2NO3S. The minimum absolute atomic E-state index is 0.0945. The zero-order chi connectivity index (χ0) is 14.9. The van der Waals surface area contributed by atoms with Crippen LogP contribution in [0, 0.1) is 17.6 Å². The highest BCUT2D eigenvalue weighted by atomic mass is 79.9.